The molecule has 0 aromatic heterocycles. The highest BCUT2D eigenvalue weighted by Crippen LogP contribution is 2.77. The Kier molecular flexibility index (Phi) is 13.6. The largest absolute Gasteiger partial charge is 0.854 e. The molecule has 0 spiro atoms. The predicted octanol–water partition coefficient (Wildman–Crippen LogP) is 11.7. The van der Waals surface area contributed by atoms with Gasteiger partial charge in [0.05, 0.1) is 20.6 Å². The number of fused-ring (bicyclic) bond motifs is 7. The summed E-state index contributed by atoms with van der Waals surface area (Å²) >= 11 is 0. The van der Waals surface area contributed by atoms with Gasteiger partial charge in [-0.3, -0.25) is 0 Å². The fourth-order valence-electron chi connectivity index (χ4n) is 14.7. The Morgan fingerprint density at radius 1 is 0.731 bits per heavy atom. The van der Waals surface area contributed by atoms with Crippen LogP contribution in [0, 0.1) is 56.7 Å². The van der Waals surface area contributed by atoms with E-state index in [1.165, 1.54) is 128 Å². The van der Waals surface area contributed by atoms with E-state index in [-0.39, 0.29) is 45.8 Å². The second kappa shape index (κ2) is 16.7. The van der Waals surface area contributed by atoms with Crippen molar-refractivity contribution in [3.05, 3.63) is 12.2 Å². The fraction of sp³-hybridized carbons (Fsp3) is 0.938. The van der Waals surface area contributed by atoms with Gasteiger partial charge in [0.25, 0.3) is 0 Å². The summed E-state index contributed by atoms with van der Waals surface area (Å²) in [5.74, 6) is 2.95. The van der Waals surface area contributed by atoms with Crippen LogP contribution in [0.4, 0.5) is 0 Å². The van der Waals surface area contributed by atoms with E-state index in [9.17, 15) is 9.90 Å². The highest BCUT2D eigenvalue weighted by atomic mass is 16.5. The van der Waals surface area contributed by atoms with Gasteiger partial charge in [-0.2, -0.15) is 0 Å². The molecule has 0 aliphatic heterocycles. The molecule has 0 radical (unpaired) electrons. The predicted molar refractivity (Wildman–Crippen MR) is 217 cm³/mol. The van der Waals surface area contributed by atoms with Gasteiger partial charge in [-0.15, -0.1) is 6.61 Å². The summed E-state index contributed by atoms with van der Waals surface area (Å²) in [5.41, 5.74) is 2.11. The number of allylic oxidation sites excluding steroid dienone is 1. The molecule has 5 aliphatic rings. The Morgan fingerprint density at radius 2 is 1.35 bits per heavy atom. The number of nitrogens with zero attached hydrogens (tertiary/aromatic N) is 1. The van der Waals surface area contributed by atoms with E-state index in [4.69, 9.17) is 4.74 Å². The highest BCUT2D eigenvalue weighted by Gasteiger charge is 2.70. The van der Waals surface area contributed by atoms with Crippen LogP contribution in [0.1, 0.15) is 190 Å². The van der Waals surface area contributed by atoms with Gasteiger partial charge in [0.15, 0.2) is 6.54 Å². The lowest BCUT2D eigenvalue weighted by atomic mass is 9.32. The normalized spacial score (nSPS) is 39.6. The molecule has 52 heavy (non-hydrogen) atoms. The first-order valence-corrected chi connectivity index (χ1v) is 22.8. The molecule has 5 saturated carbocycles. The average molecular weight is 724 g/mol. The fourth-order valence-corrected chi connectivity index (χ4v) is 14.7. The van der Waals surface area contributed by atoms with Crippen LogP contribution >= 0.6 is 0 Å². The van der Waals surface area contributed by atoms with Gasteiger partial charge in [-0.25, -0.2) is 4.79 Å². The first-order valence-electron chi connectivity index (χ1n) is 22.8. The first kappa shape index (κ1) is 42.3. The molecule has 0 N–H and O–H groups in total. The van der Waals surface area contributed by atoms with Crippen molar-refractivity contribution in [2.24, 2.45) is 56.7 Å². The number of ether oxygens (including phenoxy) is 1. The van der Waals surface area contributed by atoms with Crippen molar-refractivity contribution in [2.75, 3.05) is 33.8 Å². The van der Waals surface area contributed by atoms with Crippen molar-refractivity contribution in [3.63, 3.8) is 0 Å². The third kappa shape index (κ3) is 8.02. The minimum Gasteiger partial charge on any atom is -0.854 e. The van der Waals surface area contributed by atoms with Crippen LogP contribution in [-0.2, 0) is 9.53 Å². The molecular weight excluding hydrogens is 639 g/mol. The molecule has 4 heteroatoms. The van der Waals surface area contributed by atoms with E-state index in [0.717, 1.165) is 30.3 Å². The molecule has 0 aromatic carbocycles. The third-order valence-electron chi connectivity index (χ3n) is 17.9. The van der Waals surface area contributed by atoms with Crippen LogP contribution in [0.2, 0.25) is 0 Å². The van der Waals surface area contributed by atoms with E-state index in [1.807, 2.05) is 0 Å². The van der Waals surface area contributed by atoms with Gasteiger partial charge < -0.3 is 14.3 Å². The van der Waals surface area contributed by atoms with E-state index in [0.29, 0.717) is 36.1 Å². The number of rotatable bonds is 18. The monoisotopic (exact) mass is 724 g/mol. The maximum atomic E-state index is 13.6. The Morgan fingerprint density at radius 3 is 1.94 bits per heavy atom. The van der Waals surface area contributed by atoms with Crippen LogP contribution in [-0.4, -0.2) is 50.3 Å². The summed E-state index contributed by atoms with van der Waals surface area (Å²) in [6.07, 6.45) is 28.2. The molecule has 0 bridgehead atoms. The molecule has 10 atom stereocenters. The number of carbonyl (C=O) groups excluding carboxylic acids is 1. The first-order chi connectivity index (χ1) is 24.5. The molecule has 4 unspecified atom stereocenters. The molecule has 300 valence electrons. The highest BCUT2D eigenvalue weighted by molar-refractivity contribution is 5.70. The van der Waals surface area contributed by atoms with Crippen molar-refractivity contribution in [2.45, 2.75) is 196 Å². The van der Waals surface area contributed by atoms with Crippen LogP contribution in [0.3, 0.4) is 0 Å². The number of quaternary nitrogens is 1. The molecular formula is C48H85NO3. The number of hydrogen-bond donors (Lipinski definition) is 0. The summed E-state index contributed by atoms with van der Waals surface area (Å²) in [4.78, 5) is 13.6. The minimum atomic E-state index is -0.0326. The molecule has 5 fully saturated rings. The van der Waals surface area contributed by atoms with Gasteiger partial charge in [0.1, 0.15) is 6.10 Å². The lowest BCUT2D eigenvalue weighted by Gasteiger charge is -2.73. The third-order valence-corrected chi connectivity index (χ3v) is 17.9. The van der Waals surface area contributed by atoms with Crippen molar-refractivity contribution >= 4 is 5.97 Å². The number of unbranched alkanes of at least 4 members (excludes halogenated alkanes) is 11. The quantitative estimate of drug-likeness (QED) is 0.0612. The summed E-state index contributed by atoms with van der Waals surface area (Å²) in [6.45, 7) is 23.5. The number of esters is 1. The standard InChI is InChI=1S/C48H85NO3/c1-11-12-13-14-15-16-17-18-19-20-21-22-33-49(9,10)34-42(51)52-41-27-28-45(6)39(44(41,4)5)26-29-47(8)40(45)24-23-38-43-37(36(2)3)25-30-48(43,35-50)32-31-46(38,47)7/h37-41,43H,2,11-35H2,1,3-10H3/t37-,38?,39?,40?,41-,43?,45-,46+,47+,48+/m0/s1. The van der Waals surface area contributed by atoms with Gasteiger partial charge in [0.2, 0.25) is 0 Å². The van der Waals surface area contributed by atoms with Crippen molar-refractivity contribution in [1.82, 2.24) is 0 Å². The molecule has 0 amide bonds. The minimum absolute atomic E-state index is 0.00196. The van der Waals surface area contributed by atoms with Gasteiger partial charge >= 0.3 is 5.97 Å². The molecule has 0 heterocycles. The van der Waals surface area contributed by atoms with Crippen molar-refractivity contribution in [3.8, 4) is 0 Å². The average Bonchev–Trinajstić information content (AvgIpc) is 3.47. The molecule has 5 aliphatic carbocycles. The van der Waals surface area contributed by atoms with E-state index in [2.05, 4.69) is 69.1 Å². The zero-order chi connectivity index (χ0) is 38.0. The van der Waals surface area contributed by atoms with E-state index in [1.54, 1.807) is 0 Å². The topological polar surface area (TPSA) is 49.4 Å². The summed E-state index contributed by atoms with van der Waals surface area (Å²) in [5, 5.41) is 13.0. The Hall–Kier alpha value is -0.870. The molecule has 4 nitrogen and oxygen atoms in total. The number of carbonyl (C=O) groups is 1. The summed E-state index contributed by atoms with van der Waals surface area (Å²) in [6, 6.07) is 0. The van der Waals surface area contributed by atoms with Crippen LogP contribution < -0.4 is 5.11 Å². The number of likely N-dealkylation sites (N-methyl/N-ethyl adjacent to an activating group) is 1. The van der Waals surface area contributed by atoms with Crippen LogP contribution in [0.15, 0.2) is 12.2 Å². The SMILES string of the molecule is C=C(C)[C@@H]1CC[C@]2(C[O-])CC[C@]3(C)C(CCC4[C@@]5(C)CC[C@H](OC(=O)C[N+](C)(C)CCCCCCCCCCCCCC)C(C)(C)C5CC[C@]43C)C12. The van der Waals surface area contributed by atoms with Crippen LogP contribution in [0.25, 0.3) is 0 Å². The summed E-state index contributed by atoms with van der Waals surface area (Å²) in [7, 11) is 4.44. The number of hydrogen-bond acceptors (Lipinski definition) is 3. The second-order valence-electron chi connectivity index (χ2n) is 21.7. The maximum Gasteiger partial charge on any atom is 0.362 e. The summed E-state index contributed by atoms with van der Waals surface area (Å²) < 4.78 is 7.26. The second-order valence-corrected chi connectivity index (χ2v) is 21.7. The molecule has 0 aromatic rings. The lowest BCUT2D eigenvalue weighted by molar-refractivity contribution is -0.883. The zero-order valence-electron chi connectivity index (χ0n) is 36.0. The molecule has 5 rings (SSSR count). The Labute approximate surface area is 322 Å². The Balaban J connectivity index is 1.13. The zero-order valence-corrected chi connectivity index (χ0v) is 36.0. The van der Waals surface area contributed by atoms with Crippen molar-refractivity contribution in [1.29, 1.82) is 0 Å². The maximum absolute atomic E-state index is 13.6. The smallest absolute Gasteiger partial charge is 0.362 e. The van der Waals surface area contributed by atoms with E-state index < -0.39 is 0 Å². The van der Waals surface area contributed by atoms with Gasteiger partial charge in [-0.1, -0.05) is 118 Å². The lowest BCUT2D eigenvalue weighted by Crippen LogP contribution is -2.67. The van der Waals surface area contributed by atoms with E-state index >= 15 is 0 Å². The Bertz CT molecular complexity index is 1210. The van der Waals surface area contributed by atoms with Crippen LogP contribution in [0.5, 0.6) is 0 Å². The molecule has 0 saturated heterocycles. The van der Waals surface area contributed by atoms with Gasteiger partial charge in [-0.05, 0) is 135 Å². The van der Waals surface area contributed by atoms with Gasteiger partial charge in [0, 0.05) is 5.41 Å². The van der Waals surface area contributed by atoms with Crippen molar-refractivity contribution < 1.29 is 19.1 Å².